The van der Waals surface area contributed by atoms with Gasteiger partial charge in [-0.25, -0.2) is 0 Å². The number of carbonyl (C=O) groups is 2. The number of benzene rings is 2. The fraction of sp³-hybridized carbons (Fsp3) is 0.222. The third kappa shape index (κ3) is 4.88. The predicted octanol–water partition coefficient (Wildman–Crippen LogP) is 3.01. The van der Waals surface area contributed by atoms with Crippen molar-refractivity contribution in [3.63, 3.8) is 0 Å². The lowest BCUT2D eigenvalue weighted by molar-refractivity contribution is -0.120. The van der Waals surface area contributed by atoms with Crippen molar-refractivity contribution in [2.75, 3.05) is 0 Å². The summed E-state index contributed by atoms with van der Waals surface area (Å²) in [7, 11) is 0. The van der Waals surface area contributed by atoms with Crippen molar-refractivity contribution in [1.82, 2.24) is 5.32 Å². The number of rotatable bonds is 6. The summed E-state index contributed by atoms with van der Waals surface area (Å²) in [4.78, 5) is 23.8. The molecular formula is C18H19NO2. The quantitative estimate of drug-likeness (QED) is 0.653. The number of hydrogen-bond acceptors (Lipinski definition) is 2. The molecule has 1 N–H and O–H groups in total. The first kappa shape index (κ1) is 15.0. The van der Waals surface area contributed by atoms with Crippen LogP contribution in [0.2, 0.25) is 0 Å². The monoisotopic (exact) mass is 281 g/mol. The highest BCUT2D eigenvalue weighted by molar-refractivity contribution is 6.07. The molecule has 1 atom stereocenters. The first-order chi connectivity index (χ1) is 10.1. The molecule has 0 heterocycles. The van der Waals surface area contributed by atoms with E-state index >= 15 is 0 Å². The Bertz CT molecular complexity index is 593. The minimum atomic E-state index is -0.229. The maximum atomic E-state index is 11.9. The molecule has 21 heavy (non-hydrogen) atoms. The van der Waals surface area contributed by atoms with E-state index in [1.165, 1.54) is 5.56 Å². The van der Waals surface area contributed by atoms with Crippen LogP contribution in [0.5, 0.6) is 0 Å². The maximum absolute atomic E-state index is 11.9. The van der Waals surface area contributed by atoms with Crippen LogP contribution in [0.25, 0.3) is 0 Å². The van der Waals surface area contributed by atoms with Gasteiger partial charge in [0.15, 0.2) is 5.78 Å². The van der Waals surface area contributed by atoms with Gasteiger partial charge in [0.1, 0.15) is 0 Å². The van der Waals surface area contributed by atoms with E-state index in [1.807, 2.05) is 43.3 Å². The molecule has 0 aromatic heterocycles. The number of ketones is 1. The summed E-state index contributed by atoms with van der Waals surface area (Å²) in [5.74, 6) is -0.382. The standard InChI is InChI=1S/C18H19NO2/c1-14(12-15-8-4-2-5-9-15)19-18(21)13-17(20)16-10-6-3-7-11-16/h2-11,14H,12-13H2,1H3,(H,19,21). The van der Waals surface area contributed by atoms with E-state index in [1.54, 1.807) is 24.3 Å². The Labute approximate surface area is 125 Å². The molecule has 0 radical (unpaired) electrons. The molecule has 0 aliphatic heterocycles. The summed E-state index contributed by atoms with van der Waals surface area (Å²) in [6, 6.07) is 18.9. The smallest absolute Gasteiger partial charge is 0.228 e. The minimum Gasteiger partial charge on any atom is -0.353 e. The van der Waals surface area contributed by atoms with E-state index in [2.05, 4.69) is 5.32 Å². The third-order valence-electron chi connectivity index (χ3n) is 3.21. The van der Waals surface area contributed by atoms with Crippen LogP contribution >= 0.6 is 0 Å². The highest BCUT2D eigenvalue weighted by Gasteiger charge is 2.13. The Morgan fingerprint density at radius 3 is 2.14 bits per heavy atom. The lowest BCUT2D eigenvalue weighted by Gasteiger charge is -2.13. The first-order valence-electron chi connectivity index (χ1n) is 7.06. The van der Waals surface area contributed by atoms with Crippen LogP contribution in [0.3, 0.4) is 0 Å². The van der Waals surface area contributed by atoms with E-state index in [0.29, 0.717) is 5.56 Å². The largest absolute Gasteiger partial charge is 0.353 e. The Morgan fingerprint density at radius 2 is 1.52 bits per heavy atom. The van der Waals surface area contributed by atoms with Gasteiger partial charge in [-0.2, -0.15) is 0 Å². The summed E-state index contributed by atoms with van der Waals surface area (Å²) in [6.45, 7) is 1.94. The zero-order chi connectivity index (χ0) is 15.1. The molecule has 1 unspecified atom stereocenters. The average Bonchev–Trinajstić information content (AvgIpc) is 2.48. The van der Waals surface area contributed by atoms with Crippen LogP contribution < -0.4 is 5.32 Å². The second-order valence-corrected chi connectivity index (χ2v) is 5.12. The summed E-state index contributed by atoms with van der Waals surface area (Å²) >= 11 is 0. The van der Waals surface area contributed by atoms with Crippen molar-refractivity contribution in [2.24, 2.45) is 0 Å². The predicted molar refractivity (Wildman–Crippen MR) is 83.1 cm³/mol. The highest BCUT2D eigenvalue weighted by Crippen LogP contribution is 2.05. The van der Waals surface area contributed by atoms with Gasteiger partial charge in [-0.15, -0.1) is 0 Å². The van der Waals surface area contributed by atoms with E-state index in [4.69, 9.17) is 0 Å². The molecule has 0 bridgehead atoms. The van der Waals surface area contributed by atoms with Crippen molar-refractivity contribution < 1.29 is 9.59 Å². The van der Waals surface area contributed by atoms with Crippen molar-refractivity contribution in [1.29, 1.82) is 0 Å². The molecule has 2 rings (SSSR count). The molecule has 2 aromatic carbocycles. The number of hydrogen-bond donors (Lipinski definition) is 1. The van der Waals surface area contributed by atoms with Gasteiger partial charge >= 0.3 is 0 Å². The Balaban J connectivity index is 1.83. The van der Waals surface area contributed by atoms with Crippen LogP contribution in [0.1, 0.15) is 29.3 Å². The fourth-order valence-electron chi connectivity index (χ4n) is 2.22. The van der Waals surface area contributed by atoms with Gasteiger partial charge in [0.05, 0.1) is 6.42 Å². The molecule has 1 amide bonds. The topological polar surface area (TPSA) is 46.2 Å². The number of nitrogens with one attached hydrogen (secondary N) is 1. The molecule has 0 saturated carbocycles. The second kappa shape index (κ2) is 7.39. The molecule has 0 aliphatic rings. The Kier molecular flexibility index (Phi) is 5.27. The van der Waals surface area contributed by atoms with Gasteiger partial charge in [-0.1, -0.05) is 60.7 Å². The zero-order valence-electron chi connectivity index (χ0n) is 12.1. The van der Waals surface area contributed by atoms with Crippen molar-refractivity contribution in [2.45, 2.75) is 25.8 Å². The van der Waals surface area contributed by atoms with E-state index in [9.17, 15) is 9.59 Å². The summed E-state index contributed by atoms with van der Waals surface area (Å²) < 4.78 is 0. The zero-order valence-corrected chi connectivity index (χ0v) is 12.1. The normalized spacial score (nSPS) is 11.7. The molecular weight excluding hydrogens is 262 g/mol. The second-order valence-electron chi connectivity index (χ2n) is 5.12. The molecule has 3 heteroatoms. The maximum Gasteiger partial charge on any atom is 0.228 e. The SMILES string of the molecule is CC(Cc1ccccc1)NC(=O)CC(=O)c1ccccc1. The number of carbonyl (C=O) groups excluding carboxylic acids is 2. The molecule has 0 spiro atoms. The van der Waals surface area contributed by atoms with Gasteiger partial charge < -0.3 is 5.32 Å². The average molecular weight is 281 g/mol. The lowest BCUT2D eigenvalue weighted by atomic mass is 10.1. The summed E-state index contributed by atoms with van der Waals surface area (Å²) in [5, 5.41) is 2.87. The minimum absolute atomic E-state index is 0.00322. The highest BCUT2D eigenvalue weighted by atomic mass is 16.2. The number of amides is 1. The van der Waals surface area contributed by atoms with Gasteiger partial charge in [-0.3, -0.25) is 9.59 Å². The van der Waals surface area contributed by atoms with Crippen molar-refractivity contribution in [3.05, 3.63) is 71.8 Å². The molecule has 2 aromatic rings. The van der Waals surface area contributed by atoms with Crippen LogP contribution in [0.4, 0.5) is 0 Å². The molecule has 3 nitrogen and oxygen atoms in total. The van der Waals surface area contributed by atoms with Crippen LogP contribution in [-0.4, -0.2) is 17.7 Å². The third-order valence-corrected chi connectivity index (χ3v) is 3.21. The van der Waals surface area contributed by atoms with Gasteiger partial charge in [-0.05, 0) is 18.9 Å². The van der Waals surface area contributed by atoms with Gasteiger partial charge in [0.25, 0.3) is 0 Å². The van der Waals surface area contributed by atoms with E-state index in [0.717, 1.165) is 6.42 Å². The van der Waals surface area contributed by atoms with E-state index < -0.39 is 0 Å². The summed E-state index contributed by atoms with van der Waals surface area (Å²) in [5.41, 5.74) is 1.74. The number of Topliss-reactive ketones (excluding diaryl/α,β-unsaturated/α-hetero) is 1. The van der Waals surface area contributed by atoms with Crippen LogP contribution in [-0.2, 0) is 11.2 Å². The summed E-state index contributed by atoms with van der Waals surface area (Å²) in [6.07, 6.45) is 0.648. The Hall–Kier alpha value is -2.42. The lowest BCUT2D eigenvalue weighted by Crippen LogP contribution is -2.35. The van der Waals surface area contributed by atoms with E-state index in [-0.39, 0.29) is 24.2 Å². The molecule has 0 aliphatic carbocycles. The Morgan fingerprint density at radius 1 is 0.952 bits per heavy atom. The van der Waals surface area contributed by atoms with Crippen molar-refractivity contribution >= 4 is 11.7 Å². The molecule has 0 fully saturated rings. The van der Waals surface area contributed by atoms with Crippen LogP contribution in [0.15, 0.2) is 60.7 Å². The molecule has 0 saturated heterocycles. The van der Waals surface area contributed by atoms with Gasteiger partial charge in [0, 0.05) is 11.6 Å². The van der Waals surface area contributed by atoms with Crippen molar-refractivity contribution in [3.8, 4) is 0 Å². The van der Waals surface area contributed by atoms with Crippen LogP contribution in [0, 0.1) is 0 Å². The molecule has 108 valence electrons. The van der Waals surface area contributed by atoms with Gasteiger partial charge in [0.2, 0.25) is 5.91 Å². The fourth-order valence-corrected chi connectivity index (χ4v) is 2.22. The first-order valence-corrected chi connectivity index (χ1v) is 7.06.